The quantitative estimate of drug-likeness (QED) is 0.186. The van der Waals surface area contributed by atoms with E-state index in [-0.39, 0.29) is 0 Å². The van der Waals surface area contributed by atoms with Crippen molar-refractivity contribution < 1.29 is 4.42 Å². The van der Waals surface area contributed by atoms with Crippen LogP contribution in [0.3, 0.4) is 0 Å². The number of benzene rings is 8. The highest BCUT2D eigenvalue weighted by atomic mass is 16.3. The zero-order chi connectivity index (χ0) is 33.5. The summed E-state index contributed by atoms with van der Waals surface area (Å²) in [5.74, 6) is 0. The second-order valence-electron chi connectivity index (χ2n) is 13.3. The third kappa shape index (κ3) is 4.19. The molecule has 11 aromatic rings. The lowest BCUT2D eigenvalue weighted by atomic mass is 9.99. The number of hydrogen-bond donors (Lipinski definition) is 0. The number of aromatic nitrogens is 2. The maximum absolute atomic E-state index is 6.54. The molecule has 3 heteroatoms. The van der Waals surface area contributed by atoms with Gasteiger partial charge in [-0.15, -0.1) is 0 Å². The largest absolute Gasteiger partial charge is 0.454 e. The standard InChI is InChI=1S/C48H30N2O/c1-2-10-35(11-3-1)49-43-15-7-5-13-38(43)42-30-34(24-29-45(42)49)33-20-18-31(19-21-33)32-22-25-36(26-23-32)50-44-16-8-4-12-37(44)40-27-28-41-39-14-6-9-17-46(39)51-48(41)47(40)50/h1-30H. The Morgan fingerprint density at radius 2 is 0.824 bits per heavy atom. The van der Waals surface area contributed by atoms with Crippen LogP contribution >= 0.6 is 0 Å². The van der Waals surface area contributed by atoms with Crippen LogP contribution in [0, 0.1) is 0 Å². The zero-order valence-corrected chi connectivity index (χ0v) is 27.6. The van der Waals surface area contributed by atoms with E-state index in [2.05, 4.69) is 185 Å². The van der Waals surface area contributed by atoms with Crippen molar-refractivity contribution in [2.45, 2.75) is 0 Å². The van der Waals surface area contributed by atoms with E-state index in [1.165, 1.54) is 66.0 Å². The molecule has 51 heavy (non-hydrogen) atoms. The molecule has 3 aromatic heterocycles. The van der Waals surface area contributed by atoms with Gasteiger partial charge in [-0.2, -0.15) is 0 Å². The molecule has 0 atom stereocenters. The Kier molecular flexibility index (Phi) is 5.96. The number of nitrogens with zero attached hydrogens (tertiary/aromatic N) is 2. The molecule has 0 fully saturated rings. The normalized spacial score (nSPS) is 11.9. The van der Waals surface area contributed by atoms with Crippen LogP contribution in [0.25, 0.3) is 99.2 Å². The average molecular weight is 651 g/mol. The minimum atomic E-state index is 0.912. The first kappa shape index (κ1) is 28.0. The van der Waals surface area contributed by atoms with E-state index < -0.39 is 0 Å². The SMILES string of the molecule is c1ccc(-n2c3ccccc3c3cc(-c4ccc(-c5ccc(-n6c7ccccc7c7ccc8c9ccccc9oc8c76)cc5)cc4)ccc32)cc1. The fourth-order valence-electron chi connectivity index (χ4n) is 8.16. The van der Waals surface area contributed by atoms with Crippen LogP contribution < -0.4 is 0 Å². The van der Waals surface area contributed by atoms with Crippen molar-refractivity contribution in [2.24, 2.45) is 0 Å². The number of furan rings is 1. The topological polar surface area (TPSA) is 23.0 Å². The molecule has 0 spiro atoms. The fourth-order valence-corrected chi connectivity index (χ4v) is 8.16. The van der Waals surface area contributed by atoms with Crippen molar-refractivity contribution in [3.8, 4) is 33.6 Å². The summed E-state index contributed by atoms with van der Waals surface area (Å²) < 4.78 is 11.3. The zero-order valence-electron chi connectivity index (χ0n) is 27.6. The van der Waals surface area contributed by atoms with Gasteiger partial charge in [-0.3, -0.25) is 0 Å². The van der Waals surface area contributed by atoms with E-state index >= 15 is 0 Å². The van der Waals surface area contributed by atoms with Gasteiger partial charge in [0.2, 0.25) is 0 Å². The van der Waals surface area contributed by atoms with Gasteiger partial charge in [-0.1, -0.05) is 121 Å². The maximum atomic E-state index is 6.54. The second-order valence-corrected chi connectivity index (χ2v) is 13.3. The maximum Gasteiger partial charge on any atom is 0.160 e. The molecule has 3 nitrogen and oxygen atoms in total. The van der Waals surface area contributed by atoms with Crippen LogP contribution in [0.4, 0.5) is 0 Å². The van der Waals surface area contributed by atoms with Crippen LogP contribution in [0.2, 0.25) is 0 Å². The van der Waals surface area contributed by atoms with E-state index in [9.17, 15) is 0 Å². The molecule has 0 saturated carbocycles. The molecular formula is C48H30N2O. The Morgan fingerprint density at radius 3 is 1.57 bits per heavy atom. The van der Waals surface area contributed by atoms with Gasteiger partial charge in [-0.25, -0.2) is 0 Å². The van der Waals surface area contributed by atoms with Gasteiger partial charge in [0.1, 0.15) is 5.58 Å². The molecule has 238 valence electrons. The van der Waals surface area contributed by atoms with Crippen LogP contribution in [0.15, 0.2) is 186 Å². The van der Waals surface area contributed by atoms with E-state index in [4.69, 9.17) is 4.42 Å². The molecule has 0 radical (unpaired) electrons. The lowest BCUT2D eigenvalue weighted by Crippen LogP contribution is -1.94. The summed E-state index contributed by atoms with van der Waals surface area (Å²) in [5, 5.41) is 7.22. The highest BCUT2D eigenvalue weighted by Gasteiger charge is 2.19. The van der Waals surface area contributed by atoms with E-state index in [1.807, 2.05) is 6.07 Å². The Balaban J connectivity index is 0.977. The van der Waals surface area contributed by atoms with Crippen LogP contribution in [-0.4, -0.2) is 9.13 Å². The van der Waals surface area contributed by atoms with Crippen molar-refractivity contribution in [3.05, 3.63) is 182 Å². The van der Waals surface area contributed by atoms with Crippen LogP contribution in [-0.2, 0) is 0 Å². The highest BCUT2D eigenvalue weighted by molar-refractivity contribution is 6.21. The minimum absolute atomic E-state index is 0.912. The molecule has 0 saturated heterocycles. The van der Waals surface area contributed by atoms with Crippen LogP contribution in [0.1, 0.15) is 0 Å². The van der Waals surface area contributed by atoms with Crippen molar-refractivity contribution in [3.63, 3.8) is 0 Å². The van der Waals surface area contributed by atoms with Gasteiger partial charge in [0, 0.05) is 43.7 Å². The van der Waals surface area contributed by atoms with Gasteiger partial charge in [0.15, 0.2) is 5.58 Å². The average Bonchev–Trinajstić information content (AvgIpc) is 3.86. The summed E-state index contributed by atoms with van der Waals surface area (Å²) in [6.45, 7) is 0. The Bertz CT molecular complexity index is 3100. The van der Waals surface area contributed by atoms with Gasteiger partial charge in [0.25, 0.3) is 0 Å². The monoisotopic (exact) mass is 650 g/mol. The van der Waals surface area contributed by atoms with Crippen molar-refractivity contribution in [1.29, 1.82) is 0 Å². The Hall–Kier alpha value is -6.84. The smallest absolute Gasteiger partial charge is 0.160 e. The molecular weight excluding hydrogens is 621 g/mol. The summed E-state index contributed by atoms with van der Waals surface area (Å²) in [6.07, 6.45) is 0. The number of hydrogen-bond acceptors (Lipinski definition) is 1. The Labute approximate surface area is 293 Å². The molecule has 3 heterocycles. The van der Waals surface area contributed by atoms with Crippen LogP contribution in [0.5, 0.6) is 0 Å². The molecule has 0 unspecified atom stereocenters. The Morgan fingerprint density at radius 1 is 0.314 bits per heavy atom. The predicted octanol–water partition coefficient (Wildman–Crippen LogP) is 13.1. The first-order valence-electron chi connectivity index (χ1n) is 17.4. The first-order valence-corrected chi connectivity index (χ1v) is 17.4. The summed E-state index contributed by atoms with van der Waals surface area (Å²) in [7, 11) is 0. The van der Waals surface area contributed by atoms with Gasteiger partial charge in [0.05, 0.1) is 22.1 Å². The lowest BCUT2D eigenvalue weighted by molar-refractivity contribution is 0.671. The van der Waals surface area contributed by atoms with Gasteiger partial charge in [-0.05, 0) is 82.9 Å². The predicted molar refractivity (Wildman–Crippen MR) is 213 cm³/mol. The van der Waals surface area contributed by atoms with Crippen molar-refractivity contribution in [1.82, 2.24) is 9.13 Å². The molecule has 0 bridgehead atoms. The molecule has 0 aliphatic carbocycles. The summed E-state index contributed by atoms with van der Waals surface area (Å²) >= 11 is 0. The third-order valence-electron chi connectivity index (χ3n) is 10.5. The first-order chi connectivity index (χ1) is 25.3. The molecule has 0 amide bonds. The fraction of sp³-hybridized carbons (Fsp3) is 0. The molecule has 11 rings (SSSR count). The summed E-state index contributed by atoms with van der Waals surface area (Å²) in [4.78, 5) is 0. The van der Waals surface area contributed by atoms with Crippen molar-refractivity contribution >= 4 is 65.6 Å². The van der Waals surface area contributed by atoms with E-state index in [1.54, 1.807) is 0 Å². The summed E-state index contributed by atoms with van der Waals surface area (Å²) in [5.41, 5.74) is 13.6. The lowest BCUT2D eigenvalue weighted by Gasteiger charge is -2.10. The van der Waals surface area contributed by atoms with Gasteiger partial charge < -0.3 is 13.6 Å². The van der Waals surface area contributed by atoms with Gasteiger partial charge >= 0.3 is 0 Å². The molecule has 8 aromatic carbocycles. The highest BCUT2D eigenvalue weighted by Crippen LogP contribution is 2.41. The van der Waals surface area contributed by atoms with E-state index in [0.29, 0.717) is 0 Å². The summed E-state index contributed by atoms with van der Waals surface area (Å²) in [6, 6.07) is 65.4. The number of fused-ring (bicyclic) bond motifs is 10. The van der Waals surface area contributed by atoms with Crippen molar-refractivity contribution in [2.75, 3.05) is 0 Å². The molecule has 0 N–H and O–H groups in total. The molecule has 0 aliphatic heterocycles. The number of rotatable bonds is 4. The minimum Gasteiger partial charge on any atom is -0.454 e. The second kappa shape index (κ2) is 10.8. The number of para-hydroxylation sites is 4. The van der Waals surface area contributed by atoms with E-state index in [0.717, 1.165) is 33.1 Å². The molecule has 0 aliphatic rings. The third-order valence-corrected chi connectivity index (χ3v) is 10.5.